The summed E-state index contributed by atoms with van der Waals surface area (Å²) < 4.78 is 12.9. The number of methoxy groups -OCH3 is 1. The lowest BCUT2D eigenvalue weighted by molar-refractivity contribution is 0.274. The van der Waals surface area contributed by atoms with Gasteiger partial charge in [0.2, 0.25) is 0 Å². The van der Waals surface area contributed by atoms with Crippen molar-refractivity contribution in [3.63, 3.8) is 0 Å². The number of benzene rings is 1. The number of ether oxygens (including phenoxy) is 2. The summed E-state index contributed by atoms with van der Waals surface area (Å²) >= 11 is 0. The summed E-state index contributed by atoms with van der Waals surface area (Å²) in [4.78, 5) is 0. The molecule has 5 heteroatoms. The van der Waals surface area contributed by atoms with Crippen LogP contribution in [0.4, 0.5) is 0 Å². The van der Waals surface area contributed by atoms with Gasteiger partial charge in [-0.25, -0.2) is 0 Å². The second-order valence-corrected chi connectivity index (χ2v) is 4.14. The molecule has 0 spiro atoms. The molecule has 0 aliphatic heterocycles. The highest BCUT2D eigenvalue weighted by Gasteiger charge is 2.05. The van der Waals surface area contributed by atoms with Crippen LogP contribution in [-0.2, 0) is 13.0 Å². The summed E-state index contributed by atoms with van der Waals surface area (Å²) in [5, 5.41) is 4.12. The first kappa shape index (κ1) is 13.4. The Morgan fingerprint density at radius 1 is 1.32 bits per heavy atom. The molecule has 5 nitrogen and oxygen atoms in total. The van der Waals surface area contributed by atoms with Crippen molar-refractivity contribution in [1.82, 2.24) is 9.78 Å². The van der Waals surface area contributed by atoms with Gasteiger partial charge in [0, 0.05) is 12.4 Å². The summed E-state index contributed by atoms with van der Waals surface area (Å²) in [5.74, 6) is 1.49. The standard InChI is InChI=1S/C14H19N3O2/c1-18-14-11-12(5-6-15)3-4-13(14)19-10-9-17-8-2-7-16-17/h2-4,7-8,11H,5-6,9-10,15H2,1H3. The lowest BCUT2D eigenvalue weighted by Gasteiger charge is -2.12. The molecule has 0 amide bonds. The van der Waals surface area contributed by atoms with E-state index in [-0.39, 0.29) is 0 Å². The summed E-state index contributed by atoms with van der Waals surface area (Å²) in [7, 11) is 1.64. The lowest BCUT2D eigenvalue weighted by Crippen LogP contribution is -2.09. The van der Waals surface area contributed by atoms with Crippen molar-refractivity contribution in [2.75, 3.05) is 20.3 Å². The molecule has 0 bridgehead atoms. The zero-order valence-corrected chi connectivity index (χ0v) is 11.1. The molecule has 0 fully saturated rings. The summed E-state index contributed by atoms with van der Waals surface area (Å²) in [6, 6.07) is 7.80. The van der Waals surface area contributed by atoms with Crippen molar-refractivity contribution < 1.29 is 9.47 Å². The van der Waals surface area contributed by atoms with E-state index in [9.17, 15) is 0 Å². The number of rotatable bonds is 7. The van der Waals surface area contributed by atoms with Crippen LogP contribution < -0.4 is 15.2 Å². The maximum atomic E-state index is 5.72. The highest BCUT2D eigenvalue weighted by atomic mass is 16.5. The first-order valence-corrected chi connectivity index (χ1v) is 6.30. The van der Waals surface area contributed by atoms with Crippen molar-refractivity contribution in [2.24, 2.45) is 5.73 Å². The zero-order valence-electron chi connectivity index (χ0n) is 11.1. The summed E-state index contributed by atoms with van der Waals surface area (Å²) in [6.07, 6.45) is 4.50. The van der Waals surface area contributed by atoms with Crippen LogP contribution in [-0.4, -0.2) is 30.0 Å². The number of hydrogen-bond acceptors (Lipinski definition) is 4. The van der Waals surface area contributed by atoms with Gasteiger partial charge in [-0.3, -0.25) is 4.68 Å². The molecule has 0 aliphatic carbocycles. The maximum Gasteiger partial charge on any atom is 0.161 e. The summed E-state index contributed by atoms with van der Waals surface area (Å²) in [5.41, 5.74) is 6.69. The number of hydrogen-bond donors (Lipinski definition) is 1. The molecule has 19 heavy (non-hydrogen) atoms. The molecule has 1 aromatic heterocycles. The van der Waals surface area contributed by atoms with Gasteiger partial charge in [0.25, 0.3) is 0 Å². The maximum absolute atomic E-state index is 5.72. The average Bonchev–Trinajstić information content (AvgIpc) is 2.93. The Bertz CT molecular complexity index is 497. The van der Waals surface area contributed by atoms with Crippen molar-refractivity contribution >= 4 is 0 Å². The highest BCUT2D eigenvalue weighted by molar-refractivity contribution is 5.43. The van der Waals surface area contributed by atoms with Crippen molar-refractivity contribution in [1.29, 1.82) is 0 Å². The van der Waals surface area contributed by atoms with Crippen molar-refractivity contribution in [3.8, 4) is 11.5 Å². The molecule has 0 aliphatic rings. The van der Waals surface area contributed by atoms with Gasteiger partial charge in [-0.2, -0.15) is 5.10 Å². The molecule has 1 heterocycles. The molecule has 2 N–H and O–H groups in total. The first-order chi connectivity index (χ1) is 9.33. The molecular formula is C14H19N3O2. The van der Waals surface area contributed by atoms with E-state index in [0.29, 0.717) is 19.7 Å². The molecule has 102 valence electrons. The number of nitrogens with two attached hydrogens (primary N) is 1. The third-order valence-corrected chi connectivity index (χ3v) is 2.80. The summed E-state index contributed by atoms with van der Waals surface area (Å²) in [6.45, 7) is 1.89. The van der Waals surface area contributed by atoms with Crippen LogP contribution in [0.1, 0.15) is 5.56 Å². The smallest absolute Gasteiger partial charge is 0.161 e. The van der Waals surface area contributed by atoms with E-state index in [4.69, 9.17) is 15.2 Å². The minimum Gasteiger partial charge on any atom is -0.493 e. The topological polar surface area (TPSA) is 62.3 Å². The molecule has 0 saturated heterocycles. The van der Waals surface area contributed by atoms with Crippen LogP contribution in [0.15, 0.2) is 36.7 Å². The van der Waals surface area contributed by atoms with Gasteiger partial charge in [0.1, 0.15) is 6.61 Å². The molecule has 0 atom stereocenters. The van der Waals surface area contributed by atoms with Crippen molar-refractivity contribution in [2.45, 2.75) is 13.0 Å². The molecular weight excluding hydrogens is 242 g/mol. The van der Waals surface area contributed by atoms with E-state index in [1.54, 1.807) is 13.3 Å². The third kappa shape index (κ3) is 3.72. The average molecular weight is 261 g/mol. The normalized spacial score (nSPS) is 10.4. The Kier molecular flexibility index (Phi) is 4.80. The van der Waals surface area contributed by atoms with Gasteiger partial charge >= 0.3 is 0 Å². The van der Waals surface area contributed by atoms with Crippen molar-refractivity contribution in [3.05, 3.63) is 42.2 Å². The van der Waals surface area contributed by atoms with E-state index in [1.165, 1.54) is 0 Å². The molecule has 1 aromatic carbocycles. The quantitative estimate of drug-likeness (QED) is 0.820. The van der Waals surface area contributed by atoms with E-state index >= 15 is 0 Å². The highest BCUT2D eigenvalue weighted by Crippen LogP contribution is 2.28. The van der Waals surface area contributed by atoms with E-state index in [1.807, 2.05) is 35.1 Å². The van der Waals surface area contributed by atoms with Crippen LogP contribution in [0, 0.1) is 0 Å². The molecule has 2 aromatic rings. The zero-order chi connectivity index (χ0) is 13.5. The van der Waals surface area contributed by atoms with Crippen LogP contribution >= 0.6 is 0 Å². The second-order valence-electron chi connectivity index (χ2n) is 4.14. The SMILES string of the molecule is COc1cc(CCN)ccc1OCCn1cccn1. The molecule has 0 radical (unpaired) electrons. The number of nitrogens with zero attached hydrogens (tertiary/aromatic N) is 2. The van der Waals surface area contributed by atoms with E-state index < -0.39 is 0 Å². The predicted molar refractivity (Wildman–Crippen MR) is 73.5 cm³/mol. The second kappa shape index (κ2) is 6.80. The molecule has 0 unspecified atom stereocenters. The largest absolute Gasteiger partial charge is 0.493 e. The fraction of sp³-hybridized carbons (Fsp3) is 0.357. The van der Waals surface area contributed by atoms with Crippen LogP contribution in [0.3, 0.4) is 0 Å². The Morgan fingerprint density at radius 2 is 2.21 bits per heavy atom. The Balaban J connectivity index is 1.95. The van der Waals surface area contributed by atoms with Gasteiger partial charge < -0.3 is 15.2 Å². The predicted octanol–water partition coefficient (Wildman–Crippen LogP) is 1.47. The Hall–Kier alpha value is -2.01. The minimum atomic E-state index is 0.550. The fourth-order valence-corrected chi connectivity index (χ4v) is 1.84. The first-order valence-electron chi connectivity index (χ1n) is 6.30. The van der Waals surface area contributed by atoms with Gasteiger partial charge in [-0.15, -0.1) is 0 Å². The Labute approximate surface area is 112 Å². The lowest BCUT2D eigenvalue weighted by atomic mass is 10.1. The fourth-order valence-electron chi connectivity index (χ4n) is 1.84. The van der Waals surface area contributed by atoms with Gasteiger partial charge in [-0.1, -0.05) is 6.07 Å². The van der Waals surface area contributed by atoms with Crippen LogP contribution in [0.25, 0.3) is 0 Å². The molecule has 2 rings (SSSR count). The Morgan fingerprint density at radius 3 is 2.89 bits per heavy atom. The van der Waals surface area contributed by atoms with E-state index in [2.05, 4.69) is 5.10 Å². The van der Waals surface area contributed by atoms with E-state index in [0.717, 1.165) is 23.5 Å². The van der Waals surface area contributed by atoms with Gasteiger partial charge in [0.05, 0.1) is 13.7 Å². The van der Waals surface area contributed by atoms with Gasteiger partial charge in [-0.05, 0) is 36.7 Å². The van der Waals surface area contributed by atoms with Crippen LogP contribution in [0.2, 0.25) is 0 Å². The number of aromatic nitrogens is 2. The third-order valence-electron chi connectivity index (χ3n) is 2.80. The monoisotopic (exact) mass is 261 g/mol. The minimum absolute atomic E-state index is 0.550. The van der Waals surface area contributed by atoms with Gasteiger partial charge in [0.15, 0.2) is 11.5 Å². The molecule has 0 saturated carbocycles. The van der Waals surface area contributed by atoms with Crippen LogP contribution in [0.5, 0.6) is 11.5 Å².